The molecule has 7 heteroatoms. The second-order valence-corrected chi connectivity index (χ2v) is 9.35. The van der Waals surface area contributed by atoms with Gasteiger partial charge in [0, 0.05) is 6.42 Å². The first-order valence-electron chi connectivity index (χ1n) is 10.9. The third kappa shape index (κ3) is 6.11. The number of aliphatic carboxylic acids is 1. The Balaban J connectivity index is 1.69. The molecule has 0 unspecified atom stereocenters. The quantitative estimate of drug-likeness (QED) is 0.426. The number of thioether (sulfide) groups is 1. The summed E-state index contributed by atoms with van der Waals surface area (Å²) in [5.41, 5.74) is 4.75. The molecule has 0 aliphatic carbocycles. The summed E-state index contributed by atoms with van der Waals surface area (Å²) in [6.45, 7) is 2.04. The molecule has 0 bridgehead atoms. The average Bonchev–Trinajstić information content (AvgIpc) is 2.78. The molecule has 0 aromatic heterocycles. The Morgan fingerprint density at radius 3 is 2.31 bits per heavy atom. The molecular formula is C25H32O6S. The summed E-state index contributed by atoms with van der Waals surface area (Å²) in [5, 5.41) is 39.6. The maximum atomic E-state index is 10.6. The molecule has 0 radical (unpaired) electrons. The number of rotatable bonds is 9. The van der Waals surface area contributed by atoms with Crippen LogP contribution >= 0.6 is 11.8 Å². The van der Waals surface area contributed by atoms with Gasteiger partial charge in [-0.15, -0.1) is 11.8 Å². The van der Waals surface area contributed by atoms with Gasteiger partial charge in [-0.1, -0.05) is 42.5 Å². The van der Waals surface area contributed by atoms with Crippen LogP contribution in [-0.2, 0) is 22.4 Å². The molecule has 4 N–H and O–H groups in total. The predicted molar refractivity (Wildman–Crippen MR) is 125 cm³/mol. The van der Waals surface area contributed by atoms with Crippen molar-refractivity contribution in [2.75, 3.05) is 6.26 Å². The first-order valence-corrected chi connectivity index (χ1v) is 12.2. The molecule has 0 saturated carbocycles. The molecule has 1 aliphatic heterocycles. The zero-order valence-electron chi connectivity index (χ0n) is 18.5. The second kappa shape index (κ2) is 11.3. The maximum absolute atomic E-state index is 10.6. The standard InChI is InChI=1S/C25H32O6S/c1-15-7-12-18(24-22(29)21(28)23(30)25(31-24)32-2)14-19(15)13-17-10-8-16(9-11-17)5-3-4-6-20(26)27/h7-12,14,21-25,28-30H,3-6,13H2,1-2H3,(H,26,27)/t21-,22-,23+,24+,25-/m1/s1. The van der Waals surface area contributed by atoms with Crippen LogP contribution in [-0.4, -0.2) is 56.4 Å². The monoisotopic (exact) mass is 460 g/mol. The number of benzene rings is 2. The van der Waals surface area contributed by atoms with E-state index < -0.39 is 35.8 Å². The molecule has 1 aliphatic rings. The number of aryl methyl sites for hydroxylation is 2. The predicted octanol–water partition coefficient (Wildman–Crippen LogP) is 3.23. The van der Waals surface area contributed by atoms with E-state index >= 15 is 0 Å². The molecule has 5 atom stereocenters. The number of carboxylic acid groups (broad SMARTS) is 1. The number of unbranched alkanes of at least 4 members (excludes halogenated alkanes) is 1. The summed E-state index contributed by atoms with van der Waals surface area (Å²) >= 11 is 1.31. The minimum absolute atomic E-state index is 0.209. The van der Waals surface area contributed by atoms with E-state index in [2.05, 4.69) is 24.3 Å². The van der Waals surface area contributed by atoms with Crippen LogP contribution in [0.2, 0.25) is 0 Å². The fourth-order valence-electron chi connectivity index (χ4n) is 4.03. The molecule has 1 saturated heterocycles. The summed E-state index contributed by atoms with van der Waals surface area (Å²) in [5.74, 6) is -0.751. The first kappa shape index (κ1) is 24.7. The zero-order valence-corrected chi connectivity index (χ0v) is 19.3. The molecule has 1 fully saturated rings. The van der Waals surface area contributed by atoms with Crippen molar-refractivity contribution in [1.29, 1.82) is 0 Å². The van der Waals surface area contributed by atoms with Gasteiger partial charge in [0.25, 0.3) is 0 Å². The van der Waals surface area contributed by atoms with Crippen LogP contribution in [0.5, 0.6) is 0 Å². The lowest BCUT2D eigenvalue weighted by molar-refractivity contribution is -0.200. The van der Waals surface area contributed by atoms with Gasteiger partial charge < -0.3 is 25.2 Å². The molecule has 1 heterocycles. The molecule has 174 valence electrons. The van der Waals surface area contributed by atoms with E-state index in [0.717, 1.165) is 41.5 Å². The maximum Gasteiger partial charge on any atom is 0.303 e. The van der Waals surface area contributed by atoms with Gasteiger partial charge in [-0.3, -0.25) is 4.79 Å². The van der Waals surface area contributed by atoms with Crippen molar-refractivity contribution in [3.63, 3.8) is 0 Å². The SMILES string of the molecule is CS[C@H]1O[C@@H](c2ccc(C)c(Cc3ccc(CCCCC(=O)O)cc3)c2)[C@H](O)[C@@H](O)[C@@H]1O. The van der Waals surface area contributed by atoms with Gasteiger partial charge in [-0.25, -0.2) is 0 Å². The van der Waals surface area contributed by atoms with Crippen LogP contribution in [0.25, 0.3) is 0 Å². The molecule has 2 aromatic rings. The lowest BCUT2D eigenvalue weighted by Gasteiger charge is -2.40. The van der Waals surface area contributed by atoms with Crippen molar-refractivity contribution in [3.8, 4) is 0 Å². The second-order valence-electron chi connectivity index (χ2n) is 8.41. The molecule has 3 rings (SSSR count). The number of carbonyl (C=O) groups is 1. The average molecular weight is 461 g/mol. The Bertz CT molecular complexity index is 898. The highest BCUT2D eigenvalue weighted by Crippen LogP contribution is 2.36. The van der Waals surface area contributed by atoms with Crippen LogP contribution in [0.1, 0.15) is 53.2 Å². The number of aliphatic hydroxyl groups excluding tert-OH is 3. The highest BCUT2D eigenvalue weighted by atomic mass is 32.2. The molecule has 32 heavy (non-hydrogen) atoms. The topological polar surface area (TPSA) is 107 Å². The number of ether oxygens (including phenoxy) is 1. The van der Waals surface area contributed by atoms with Gasteiger partial charge >= 0.3 is 5.97 Å². The minimum atomic E-state index is -1.26. The number of hydrogen-bond donors (Lipinski definition) is 4. The molecule has 6 nitrogen and oxygen atoms in total. The van der Waals surface area contributed by atoms with E-state index in [9.17, 15) is 20.1 Å². The van der Waals surface area contributed by atoms with Crippen molar-refractivity contribution in [2.45, 2.75) is 68.9 Å². The molecule has 0 spiro atoms. The van der Waals surface area contributed by atoms with Crippen LogP contribution in [0, 0.1) is 6.92 Å². The highest BCUT2D eigenvalue weighted by Gasteiger charge is 2.44. The fourth-order valence-corrected chi connectivity index (χ4v) is 4.70. The Hall–Kier alpha value is -1.90. The van der Waals surface area contributed by atoms with Crippen molar-refractivity contribution in [3.05, 3.63) is 70.3 Å². The summed E-state index contributed by atoms with van der Waals surface area (Å²) < 4.78 is 5.91. The Morgan fingerprint density at radius 1 is 0.969 bits per heavy atom. The largest absolute Gasteiger partial charge is 0.481 e. The normalized spacial score (nSPS) is 25.6. The number of carboxylic acids is 1. The van der Waals surface area contributed by atoms with Gasteiger partial charge in [0.1, 0.15) is 29.9 Å². The van der Waals surface area contributed by atoms with Crippen LogP contribution in [0.15, 0.2) is 42.5 Å². The smallest absolute Gasteiger partial charge is 0.303 e. The van der Waals surface area contributed by atoms with E-state index in [1.807, 2.05) is 25.1 Å². The van der Waals surface area contributed by atoms with Gasteiger partial charge in [0.05, 0.1) is 0 Å². The van der Waals surface area contributed by atoms with Crippen LogP contribution < -0.4 is 0 Å². The van der Waals surface area contributed by atoms with Gasteiger partial charge in [0.15, 0.2) is 0 Å². The van der Waals surface area contributed by atoms with E-state index in [1.54, 1.807) is 6.26 Å². The van der Waals surface area contributed by atoms with Gasteiger partial charge in [-0.2, -0.15) is 0 Å². The number of aliphatic hydroxyl groups is 3. The van der Waals surface area contributed by atoms with E-state index in [1.165, 1.54) is 17.3 Å². The zero-order chi connectivity index (χ0) is 23.3. The highest BCUT2D eigenvalue weighted by molar-refractivity contribution is 7.99. The molecular weight excluding hydrogens is 428 g/mol. The lowest BCUT2D eigenvalue weighted by atomic mass is 9.91. The summed E-state index contributed by atoms with van der Waals surface area (Å²) in [7, 11) is 0. The van der Waals surface area contributed by atoms with Gasteiger partial charge in [-0.05, 0) is 66.7 Å². The Labute approximate surface area is 193 Å². The van der Waals surface area contributed by atoms with Crippen molar-refractivity contribution >= 4 is 17.7 Å². The van der Waals surface area contributed by atoms with Crippen LogP contribution in [0.4, 0.5) is 0 Å². The Kier molecular flexibility index (Phi) is 8.73. The van der Waals surface area contributed by atoms with Crippen molar-refractivity contribution in [2.24, 2.45) is 0 Å². The first-order chi connectivity index (χ1) is 15.3. The third-order valence-electron chi connectivity index (χ3n) is 6.03. The lowest BCUT2D eigenvalue weighted by Crippen LogP contribution is -2.52. The third-order valence-corrected chi connectivity index (χ3v) is 6.88. The number of hydrogen-bond acceptors (Lipinski definition) is 6. The van der Waals surface area contributed by atoms with Crippen molar-refractivity contribution < 1.29 is 30.0 Å². The Morgan fingerprint density at radius 2 is 1.66 bits per heavy atom. The van der Waals surface area contributed by atoms with E-state index in [-0.39, 0.29) is 6.42 Å². The fraction of sp³-hybridized carbons (Fsp3) is 0.480. The summed E-state index contributed by atoms with van der Waals surface area (Å²) in [4.78, 5) is 10.6. The minimum Gasteiger partial charge on any atom is -0.481 e. The molecule has 0 amide bonds. The van der Waals surface area contributed by atoms with Crippen molar-refractivity contribution in [1.82, 2.24) is 0 Å². The van der Waals surface area contributed by atoms with E-state index in [4.69, 9.17) is 9.84 Å². The van der Waals surface area contributed by atoms with Gasteiger partial charge in [0.2, 0.25) is 0 Å². The van der Waals surface area contributed by atoms with Crippen LogP contribution in [0.3, 0.4) is 0 Å². The summed E-state index contributed by atoms with van der Waals surface area (Å²) in [6, 6.07) is 14.2. The summed E-state index contributed by atoms with van der Waals surface area (Å²) in [6.07, 6.45) is 0.815. The molecule has 2 aromatic carbocycles. The van der Waals surface area contributed by atoms with E-state index in [0.29, 0.717) is 6.42 Å².